The monoisotopic (exact) mass is 488 g/mol. The summed E-state index contributed by atoms with van der Waals surface area (Å²) in [5.74, 6) is 3.17. The van der Waals surface area contributed by atoms with Gasteiger partial charge in [0.2, 0.25) is 15.9 Å². The number of nitrogens with one attached hydrogen (secondary N) is 1. The van der Waals surface area contributed by atoms with Crippen LogP contribution >= 0.6 is 0 Å². The maximum Gasteiger partial charge on any atom is 0.243 e. The summed E-state index contributed by atoms with van der Waals surface area (Å²) in [6, 6.07) is 5.38. The Morgan fingerprint density at radius 1 is 1.24 bits per heavy atom. The molecule has 3 fully saturated rings. The smallest absolute Gasteiger partial charge is 0.243 e. The Balaban J connectivity index is 1.27. The van der Waals surface area contributed by atoms with Crippen LogP contribution in [0.4, 0.5) is 0 Å². The molecule has 0 radical (unpaired) electrons. The van der Waals surface area contributed by atoms with Gasteiger partial charge in [-0.25, -0.2) is 13.4 Å². The topological polar surface area (TPSA) is 93.5 Å². The van der Waals surface area contributed by atoms with Crippen molar-refractivity contribution in [1.29, 1.82) is 0 Å². The van der Waals surface area contributed by atoms with E-state index in [-0.39, 0.29) is 16.8 Å². The molecule has 4 atom stereocenters. The number of amides is 1. The van der Waals surface area contributed by atoms with E-state index in [9.17, 15) is 13.2 Å². The first kappa shape index (κ1) is 23.8. The van der Waals surface area contributed by atoms with Crippen LogP contribution in [-0.2, 0) is 32.5 Å². The third-order valence-electron chi connectivity index (χ3n) is 8.12. The Hall–Kier alpha value is -1.97. The molecule has 1 saturated heterocycles. The highest BCUT2D eigenvalue weighted by Gasteiger charge is 2.42. The number of hydrogen-bond acceptors (Lipinski definition) is 5. The van der Waals surface area contributed by atoms with E-state index in [4.69, 9.17) is 9.72 Å². The summed E-state index contributed by atoms with van der Waals surface area (Å²) >= 11 is 0. The van der Waals surface area contributed by atoms with Gasteiger partial charge in [0.05, 0.1) is 29.1 Å². The number of nitrogens with zero attached hydrogens (tertiary/aromatic N) is 3. The first-order chi connectivity index (χ1) is 16.4. The minimum absolute atomic E-state index is 0.0700. The van der Waals surface area contributed by atoms with E-state index in [2.05, 4.69) is 16.8 Å². The van der Waals surface area contributed by atoms with Crippen molar-refractivity contribution in [2.24, 2.45) is 17.8 Å². The molecular weight excluding hydrogens is 452 g/mol. The fourth-order valence-electron chi connectivity index (χ4n) is 6.36. The van der Waals surface area contributed by atoms with E-state index >= 15 is 0 Å². The van der Waals surface area contributed by atoms with Crippen LogP contribution in [-0.4, -0.2) is 60.5 Å². The molecule has 186 valence electrons. The third kappa shape index (κ3) is 4.50. The zero-order valence-electron chi connectivity index (χ0n) is 20.2. The molecule has 2 heterocycles. The number of carbonyl (C=O) groups is 1. The molecule has 34 heavy (non-hydrogen) atoms. The second-order valence-electron chi connectivity index (χ2n) is 10.1. The number of hydrogen-bond donors (Lipinski definition) is 1. The van der Waals surface area contributed by atoms with Gasteiger partial charge >= 0.3 is 0 Å². The van der Waals surface area contributed by atoms with Gasteiger partial charge in [0.25, 0.3) is 0 Å². The molecule has 1 aromatic heterocycles. The van der Waals surface area contributed by atoms with E-state index in [1.807, 2.05) is 13.0 Å². The zero-order valence-corrected chi connectivity index (χ0v) is 21.0. The summed E-state index contributed by atoms with van der Waals surface area (Å²) in [4.78, 5) is 17.7. The van der Waals surface area contributed by atoms with E-state index in [0.29, 0.717) is 57.1 Å². The number of sulfonamides is 1. The van der Waals surface area contributed by atoms with Crippen LogP contribution in [0.25, 0.3) is 11.0 Å². The van der Waals surface area contributed by atoms with Crippen molar-refractivity contribution < 1.29 is 17.9 Å². The van der Waals surface area contributed by atoms with Crippen molar-refractivity contribution in [2.75, 3.05) is 26.3 Å². The average molecular weight is 489 g/mol. The van der Waals surface area contributed by atoms with Crippen molar-refractivity contribution in [3.63, 3.8) is 0 Å². The SMILES string of the molecule is CCn1c(CCC(=O)NC(C)C2CC3CCC2C3)nc2cc(S(=O)(=O)N3CCOCC3)ccc21. The van der Waals surface area contributed by atoms with Crippen molar-refractivity contribution in [3.8, 4) is 0 Å². The van der Waals surface area contributed by atoms with Gasteiger partial charge in [0.15, 0.2) is 0 Å². The quantitative estimate of drug-likeness (QED) is 0.617. The van der Waals surface area contributed by atoms with Gasteiger partial charge in [-0.3, -0.25) is 4.79 Å². The van der Waals surface area contributed by atoms with Crippen LogP contribution in [0.1, 0.15) is 51.8 Å². The Labute approximate surface area is 202 Å². The first-order valence-electron chi connectivity index (χ1n) is 12.7. The lowest BCUT2D eigenvalue weighted by atomic mass is 9.84. The van der Waals surface area contributed by atoms with Gasteiger partial charge in [-0.05, 0) is 69.1 Å². The molecular formula is C25H36N4O4S. The first-order valence-corrected chi connectivity index (χ1v) is 14.2. The number of ether oxygens (including phenoxy) is 1. The predicted octanol–water partition coefficient (Wildman–Crippen LogP) is 2.95. The van der Waals surface area contributed by atoms with Crippen LogP contribution in [0.15, 0.2) is 23.1 Å². The standard InChI is InChI=1S/C25H36N4O4S/c1-3-29-23-7-6-20(34(31,32)28-10-12-33-13-11-28)16-22(23)27-24(29)8-9-25(30)26-17(2)21-15-18-4-5-19(21)14-18/h6-7,16-19,21H,3-5,8-15H2,1-2H3,(H,26,30). The molecule has 0 spiro atoms. The summed E-state index contributed by atoms with van der Waals surface area (Å²) in [5, 5.41) is 3.24. The van der Waals surface area contributed by atoms with Gasteiger partial charge in [0, 0.05) is 38.5 Å². The summed E-state index contributed by atoms with van der Waals surface area (Å²) in [5.41, 5.74) is 1.55. The van der Waals surface area contributed by atoms with E-state index in [0.717, 1.165) is 23.2 Å². The molecule has 3 aliphatic rings. The van der Waals surface area contributed by atoms with Crippen molar-refractivity contribution in [2.45, 2.75) is 69.9 Å². The minimum atomic E-state index is -3.58. The number of imidazole rings is 1. The zero-order chi connectivity index (χ0) is 23.9. The highest BCUT2D eigenvalue weighted by Crippen LogP contribution is 2.49. The Morgan fingerprint density at radius 3 is 2.71 bits per heavy atom. The lowest BCUT2D eigenvalue weighted by Crippen LogP contribution is -2.40. The molecule has 2 aromatic rings. The van der Waals surface area contributed by atoms with E-state index in [1.165, 1.54) is 30.0 Å². The summed E-state index contributed by atoms with van der Waals surface area (Å²) in [7, 11) is -3.58. The van der Waals surface area contributed by atoms with Crippen LogP contribution < -0.4 is 5.32 Å². The van der Waals surface area contributed by atoms with Gasteiger partial charge in [-0.2, -0.15) is 4.31 Å². The lowest BCUT2D eigenvalue weighted by molar-refractivity contribution is -0.122. The van der Waals surface area contributed by atoms with Crippen molar-refractivity contribution >= 4 is 27.0 Å². The molecule has 8 nitrogen and oxygen atoms in total. The van der Waals surface area contributed by atoms with Crippen molar-refractivity contribution in [3.05, 3.63) is 24.0 Å². The normalized spacial score (nSPS) is 26.2. The van der Waals surface area contributed by atoms with E-state index < -0.39 is 10.0 Å². The number of carbonyl (C=O) groups excluding carboxylic acids is 1. The predicted molar refractivity (Wildman–Crippen MR) is 130 cm³/mol. The summed E-state index contributed by atoms with van der Waals surface area (Å²) < 4.78 is 34.9. The van der Waals surface area contributed by atoms with Gasteiger partial charge in [-0.15, -0.1) is 0 Å². The number of benzene rings is 1. The van der Waals surface area contributed by atoms with Crippen LogP contribution in [0.5, 0.6) is 0 Å². The molecule has 2 saturated carbocycles. The molecule has 1 aromatic carbocycles. The lowest BCUT2D eigenvalue weighted by Gasteiger charge is -2.28. The number of aryl methyl sites for hydroxylation is 2. The highest BCUT2D eigenvalue weighted by molar-refractivity contribution is 7.89. The fraction of sp³-hybridized carbons (Fsp3) is 0.680. The number of fused-ring (bicyclic) bond motifs is 3. The maximum absolute atomic E-state index is 13.0. The largest absolute Gasteiger partial charge is 0.379 e. The highest BCUT2D eigenvalue weighted by atomic mass is 32.2. The molecule has 2 aliphatic carbocycles. The average Bonchev–Trinajstić information content (AvgIpc) is 3.56. The van der Waals surface area contributed by atoms with Crippen LogP contribution in [0, 0.1) is 17.8 Å². The Kier molecular flexibility index (Phi) is 6.70. The van der Waals surface area contributed by atoms with Crippen LogP contribution in [0.3, 0.4) is 0 Å². The summed E-state index contributed by atoms with van der Waals surface area (Å²) in [6.07, 6.45) is 6.20. The second kappa shape index (κ2) is 9.59. The minimum Gasteiger partial charge on any atom is -0.379 e. The molecule has 1 N–H and O–H groups in total. The maximum atomic E-state index is 13.0. The van der Waals surface area contributed by atoms with Gasteiger partial charge in [-0.1, -0.05) is 6.42 Å². The molecule has 2 bridgehead atoms. The summed E-state index contributed by atoms with van der Waals surface area (Å²) in [6.45, 7) is 6.47. The number of aromatic nitrogens is 2. The molecule has 9 heteroatoms. The molecule has 4 unspecified atom stereocenters. The Bertz CT molecular complexity index is 1160. The van der Waals surface area contributed by atoms with Crippen molar-refractivity contribution in [1.82, 2.24) is 19.2 Å². The molecule has 1 aliphatic heterocycles. The molecule has 5 rings (SSSR count). The van der Waals surface area contributed by atoms with Gasteiger partial charge in [0.1, 0.15) is 5.82 Å². The van der Waals surface area contributed by atoms with Crippen LogP contribution in [0.2, 0.25) is 0 Å². The number of morpholine rings is 1. The van der Waals surface area contributed by atoms with Gasteiger partial charge < -0.3 is 14.6 Å². The number of rotatable bonds is 8. The molecule has 1 amide bonds. The second-order valence-corrected chi connectivity index (χ2v) is 12.1. The van der Waals surface area contributed by atoms with E-state index in [1.54, 1.807) is 12.1 Å². The fourth-order valence-corrected chi connectivity index (χ4v) is 7.79. The third-order valence-corrected chi connectivity index (χ3v) is 10.0. The Morgan fingerprint density at radius 2 is 2.03 bits per heavy atom.